The van der Waals surface area contributed by atoms with Gasteiger partial charge in [-0.3, -0.25) is 28.7 Å². The molecule has 11 nitrogen and oxygen atoms in total. The summed E-state index contributed by atoms with van der Waals surface area (Å²) in [7, 11) is 3.25. The lowest BCUT2D eigenvalue weighted by atomic mass is 10.1. The molecule has 0 atom stereocenters. The minimum Gasteiger partial charge on any atom is -0.383 e. The predicted molar refractivity (Wildman–Crippen MR) is 133 cm³/mol. The maximum atomic E-state index is 14.1. The summed E-state index contributed by atoms with van der Waals surface area (Å²) in [5, 5.41) is 5.00. The molecule has 0 spiro atoms. The largest absolute Gasteiger partial charge is 0.383 e. The van der Waals surface area contributed by atoms with Gasteiger partial charge in [0.05, 0.1) is 36.3 Å². The Morgan fingerprint density at radius 1 is 1.20 bits per heavy atom. The van der Waals surface area contributed by atoms with E-state index in [-0.39, 0.29) is 31.2 Å². The van der Waals surface area contributed by atoms with Crippen LogP contribution < -0.4 is 21.9 Å². The Balaban J connectivity index is 1.96. The summed E-state index contributed by atoms with van der Waals surface area (Å²) in [6, 6.07) is 10.9. The molecule has 1 amide bonds. The van der Waals surface area contributed by atoms with E-state index in [0.29, 0.717) is 28.0 Å². The lowest BCUT2D eigenvalue weighted by Gasteiger charge is -2.25. The summed E-state index contributed by atoms with van der Waals surface area (Å²) in [5.74, 6) is -0.584. The second-order valence-corrected chi connectivity index (χ2v) is 8.23. The molecule has 35 heavy (non-hydrogen) atoms. The van der Waals surface area contributed by atoms with Crippen LogP contribution in [0.25, 0.3) is 11.0 Å². The molecule has 4 rings (SSSR count). The van der Waals surface area contributed by atoms with Crippen LogP contribution in [0.1, 0.15) is 27.3 Å². The van der Waals surface area contributed by atoms with Crippen LogP contribution in [-0.2, 0) is 24.9 Å². The number of H-pyrrole nitrogens is 1. The van der Waals surface area contributed by atoms with E-state index < -0.39 is 17.2 Å². The lowest BCUT2D eigenvalue weighted by Crippen LogP contribution is -2.41. The Hall–Kier alpha value is -4.25. The monoisotopic (exact) mass is 477 g/mol. The summed E-state index contributed by atoms with van der Waals surface area (Å²) < 4.78 is 7.87. The van der Waals surface area contributed by atoms with Gasteiger partial charge in [-0.2, -0.15) is 5.10 Å². The van der Waals surface area contributed by atoms with Crippen LogP contribution in [0.3, 0.4) is 0 Å². The van der Waals surface area contributed by atoms with E-state index in [4.69, 9.17) is 10.5 Å². The molecule has 0 saturated carbocycles. The van der Waals surface area contributed by atoms with Crippen molar-refractivity contribution >= 4 is 28.4 Å². The highest BCUT2D eigenvalue weighted by molar-refractivity contribution is 6.14. The van der Waals surface area contributed by atoms with Crippen molar-refractivity contribution in [1.29, 1.82) is 0 Å². The molecule has 182 valence electrons. The van der Waals surface area contributed by atoms with Crippen molar-refractivity contribution < 1.29 is 9.53 Å². The molecule has 0 aliphatic heterocycles. The van der Waals surface area contributed by atoms with Crippen LogP contribution >= 0.6 is 0 Å². The molecule has 0 aliphatic rings. The van der Waals surface area contributed by atoms with E-state index in [1.165, 1.54) is 16.6 Å². The molecular weight excluding hydrogens is 450 g/mol. The van der Waals surface area contributed by atoms with E-state index in [1.807, 2.05) is 30.3 Å². The molecule has 0 radical (unpaired) electrons. The van der Waals surface area contributed by atoms with Crippen molar-refractivity contribution in [2.75, 3.05) is 24.4 Å². The van der Waals surface area contributed by atoms with Crippen LogP contribution in [0, 0.1) is 13.8 Å². The minimum atomic E-state index is -0.754. The number of carbonyl (C=O) groups is 1. The molecular formula is C24H27N7O4. The number of carbonyl (C=O) groups excluding carboxylic acids is 1. The molecule has 3 aromatic heterocycles. The van der Waals surface area contributed by atoms with Gasteiger partial charge in [-0.15, -0.1) is 0 Å². The Morgan fingerprint density at radius 3 is 2.60 bits per heavy atom. The van der Waals surface area contributed by atoms with Crippen LogP contribution in [0.2, 0.25) is 0 Å². The average Bonchev–Trinajstić information content (AvgIpc) is 3.10. The molecule has 0 aliphatic carbocycles. The van der Waals surface area contributed by atoms with Gasteiger partial charge in [0.25, 0.3) is 11.5 Å². The number of amides is 1. The molecule has 3 heterocycles. The summed E-state index contributed by atoms with van der Waals surface area (Å²) in [4.78, 5) is 47.8. The number of hydrogen-bond acceptors (Lipinski definition) is 7. The zero-order valence-corrected chi connectivity index (χ0v) is 20.0. The Kier molecular flexibility index (Phi) is 6.52. The number of nitrogens with two attached hydrogens (primary N) is 1. The van der Waals surface area contributed by atoms with Crippen LogP contribution in [0.4, 0.5) is 11.5 Å². The smallest absolute Gasteiger partial charge is 0.330 e. The maximum Gasteiger partial charge on any atom is 0.330 e. The van der Waals surface area contributed by atoms with E-state index in [0.717, 1.165) is 5.56 Å². The quantitative estimate of drug-likeness (QED) is 0.411. The normalized spacial score (nSPS) is 11.2. The van der Waals surface area contributed by atoms with Crippen LogP contribution in [-0.4, -0.2) is 43.9 Å². The maximum absolute atomic E-state index is 14.1. The molecule has 0 fully saturated rings. The van der Waals surface area contributed by atoms with Gasteiger partial charge in [-0.1, -0.05) is 30.3 Å². The number of fused-ring (bicyclic) bond motifs is 1. The SMILES string of the molecule is COCCn1c(N)c(N(Cc2ccccc2)C(=O)c2cc(C)nc3c2c(C)nn3C)c(=O)[nH]c1=O. The first-order chi connectivity index (χ1) is 16.7. The van der Waals surface area contributed by atoms with Gasteiger partial charge in [0.15, 0.2) is 11.3 Å². The van der Waals surface area contributed by atoms with Gasteiger partial charge < -0.3 is 10.5 Å². The fourth-order valence-corrected chi connectivity index (χ4v) is 4.15. The molecule has 0 saturated heterocycles. The molecule has 4 aromatic rings. The van der Waals surface area contributed by atoms with Crippen molar-refractivity contribution in [3.05, 3.63) is 79.8 Å². The molecule has 0 unspecified atom stereocenters. The zero-order valence-electron chi connectivity index (χ0n) is 20.0. The number of aromatic amines is 1. The Labute approximate surface area is 200 Å². The zero-order chi connectivity index (χ0) is 25.3. The van der Waals surface area contributed by atoms with Gasteiger partial charge >= 0.3 is 5.69 Å². The third-order valence-electron chi connectivity index (χ3n) is 5.76. The number of methoxy groups -OCH3 is 1. The summed E-state index contributed by atoms with van der Waals surface area (Å²) in [6.45, 7) is 3.94. The fourth-order valence-electron chi connectivity index (χ4n) is 4.15. The summed E-state index contributed by atoms with van der Waals surface area (Å²) in [5.41, 5.74) is 7.71. The Bertz CT molecular complexity index is 1520. The number of aromatic nitrogens is 5. The van der Waals surface area contributed by atoms with Gasteiger partial charge in [0.1, 0.15) is 5.82 Å². The van der Waals surface area contributed by atoms with Crippen molar-refractivity contribution in [3.8, 4) is 0 Å². The highest BCUT2D eigenvalue weighted by Gasteiger charge is 2.28. The first kappa shape index (κ1) is 23.9. The fraction of sp³-hybridized carbons (Fsp3) is 0.292. The first-order valence-electron chi connectivity index (χ1n) is 11.0. The minimum absolute atomic E-state index is 0.0532. The molecule has 0 bridgehead atoms. The number of nitrogens with zero attached hydrogens (tertiary/aromatic N) is 5. The van der Waals surface area contributed by atoms with Gasteiger partial charge in [-0.25, -0.2) is 9.78 Å². The Morgan fingerprint density at radius 2 is 1.91 bits per heavy atom. The van der Waals surface area contributed by atoms with Gasteiger partial charge in [0, 0.05) is 19.9 Å². The number of pyridine rings is 1. The number of ether oxygens (including phenoxy) is 1. The number of rotatable bonds is 7. The molecule has 3 N–H and O–H groups in total. The standard InChI is InChI=1S/C24H27N7O4/c1-14-12-17(18-15(2)28-29(3)21(18)26-14)23(33)31(13-16-8-6-5-7-9-16)19-20(25)30(10-11-35-4)24(34)27-22(19)32/h5-9,12H,10-11,13,25H2,1-4H3,(H,27,32,34). The van der Waals surface area contributed by atoms with Gasteiger partial charge in [0.2, 0.25) is 0 Å². The van der Waals surface area contributed by atoms with E-state index >= 15 is 0 Å². The van der Waals surface area contributed by atoms with Crippen LogP contribution in [0.5, 0.6) is 0 Å². The van der Waals surface area contributed by atoms with Crippen molar-refractivity contribution in [2.45, 2.75) is 26.9 Å². The molecule has 11 heteroatoms. The van der Waals surface area contributed by atoms with Crippen LogP contribution in [0.15, 0.2) is 46.0 Å². The van der Waals surface area contributed by atoms with E-state index in [1.54, 1.807) is 31.6 Å². The number of nitrogens with one attached hydrogen (secondary N) is 1. The highest BCUT2D eigenvalue weighted by atomic mass is 16.5. The summed E-state index contributed by atoms with van der Waals surface area (Å²) in [6.07, 6.45) is 0. The third-order valence-corrected chi connectivity index (χ3v) is 5.76. The average molecular weight is 478 g/mol. The third kappa shape index (κ3) is 4.45. The number of benzene rings is 1. The lowest BCUT2D eigenvalue weighted by molar-refractivity contribution is 0.0986. The first-order valence-corrected chi connectivity index (χ1v) is 11.0. The van der Waals surface area contributed by atoms with Crippen molar-refractivity contribution in [2.24, 2.45) is 7.05 Å². The molecule has 1 aromatic carbocycles. The number of anilines is 2. The summed E-state index contributed by atoms with van der Waals surface area (Å²) >= 11 is 0. The second kappa shape index (κ2) is 9.55. The second-order valence-electron chi connectivity index (χ2n) is 8.23. The van der Waals surface area contributed by atoms with Crippen molar-refractivity contribution in [1.82, 2.24) is 24.3 Å². The highest BCUT2D eigenvalue weighted by Crippen LogP contribution is 2.27. The topological polar surface area (TPSA) is 141 Å². The number of nitrogen functional groups attached to an aromatic ring is 1. The van der Waals surface area contributed by atoms with Crippen molar-refractivity contribution in [3.63, 3.8) is 0 Å². The number of aryl methyl sites for hydroxylation is 3. The van der Waals surface area contributed by atoms with E-state index in [2.05, 4.69) is 15.1 Å². The predicted octanol–water partition coefficient (Wildman–Crippen LogP) is 1.51. The van der Waals surface area contributed by atoms with E-state index in [9.17, 15) is 14.4 Å². The number of hydrogen-bond donors (Lipinski definition) is 2. The van der Waals surface area contributed by atoms with Gasteiger partial charge in [-0.05, 0) is 25.5 Å².